The molecule has 6 nitrogen and oxygen atoms in total. The molecule has 0 aliphatic rings. The van der Waals surface area contributed by atoms with Gasteiger partial charge in [-0.1, -0.05) is 23.4 Å². The molecule has 2 aromatic carbocycles. The second kappa shape index (κ2) is 7.51. The number of hydrogen-bond donors (Lipinski definition) is 1. The molecule has 0 fully saturated rings. The molecular weight excluding hydrogens is 289 g/mol. The van der Waals surface area contributed by atoms with Gasteiger partial charge in [0.15, 0.2) is 0 Å². The fourth-order valence-corrected chi connectivity index (χ4v) is 1.80. The summed E-state index contributed by atoms with van der Waals surface area (Å²) in [7, 11) is -4.42. The Labute approximate surface area is 138 Å². The van der Waals surface area contributed by atoms with Gasteiger partial charge >= 0.3 is 29.6 Å². The van der Waals surface area contributed by atoms with E-state index in [0.717, 1.165) is 5.69 Å². The van der Waals surface area contributed by atoms with Crippen molar-refractivity contribution in [2.24, 2.45) is 10.3 Å². The zero-order valence-electron chi connectivity index (χ0n) is 10.7. The zero-order chi connectivity index (χ0) is 13.7. The summed E-state index contributed by atoms with van der Waals surface area (Å²) in [5.74, 6) is 0. The quantitative estimate of drug-likeness (QED) is 0.363. The molecule has 0 unspecified atom stereocenters. The van der Waals surface area contributed by atoms with Crippen molar-refractivity contribution >= 4 is 21.5 Å². The van der Waals surface area contributed by atoms with Gasteiger partial charge in [0.1, 0.15) is 10.1 Å². The largest absolute Gasteiger partial charge is 1.00 e. The predicted octanol–water partition coefficient (Wildman–Crippen LogP) is -0.294. The molecule has 0 spiro atoms. The van der Waals surface area contributed by atoms with Gasteiger partial charge in [-0.3, -0.25) is 5.43 Å². The Morgan fingerprint density at radius 1 is 0.950 bits per heavy atom. The predicted molar refractivity (Wildman–Crippen MR) is 69.0 cm³/mol. The van der Waals surface area contributed by atoms with Crippen LogP contribution in [-0.2, 0) is 10.1 Å². The van der Waals surface area contributed by atoms with Crippen molar-refractivity contribution in [2.45, 2.75) is 4.90 Å². The van der Waals surface area contributed by atoms with Crippen molar-refractivity contribution < 1.29 is 42.5 Å². The van der Waals surface area contributed by atoms with Crippen molar-refractivity contribution in [3.63, 3.8) is 0 Å². The first kappa shape index (κ1) is 16.8. The first-order chi connectivity index (χ1) is 9.05. The van der Waals surface area contributed by atoms with Crippen LogP contribution >= 0.6 is 0 Å². The smallest absolute Gasteiger partial charge is 0.744 e. The summed E-state index contributed by atoms with van der Waals surface area (Å²) in [6, 6.07) is 14.4. The van der Waals surface area contributed by atoms with E-state index in [9.17, 15) is 13.0 Å². The van der Waals surface area contributed by atoms with Crippen LogP contribution in [0.4, 0.5) is 11.4 Å². The molecule has 0 bridgehead atoms. The Bertz CT molecular complexity index is 673. The van der Waals surface area contributed by atoms with E-state index < -0.39 is 10.1 Å². The zero-order valence-corrected chi connectivity index (χ0v) is 13.5. The summed E-state index contributed by atoms with van der Waals surface area (Å²) < 4.78 is 32.2. The maximum Gasteiger partial charge on any atom is 1.00 e. The molecule has 0 saturated heterocycles. The molecule has 98 valence electrons. The van der Waals surface area contributed by atoms with E-state index in [-0.39, 0.29) is 34.5 Å². The number of anilines is 1. The van der Waals surface area contributed by atoms with Crippen LogP contribution < -0.4 is 35.0 Å². The summed E-state index contributed by atoms with van der Waals surface area (Å²) in [5.41, 5.74) is 3.94. The number of nitrogens with zero attached hydrogens (tertiary/aromatic N) is 2. The Morgan fingerprint density at radius 3 is 2.10 bits per heavy atom. The van der Waals surface area contributed by atoms with Crippen molar-refractivity contribution in [3.8, 4) is 0 Å². The molecule has 20 heavy (non-hydrogen) atoms. The molecule has 0 saturated carbocycles. The van der Waals surface area contributed by atoms with Gasteiger partial charge in [0.25, 0.3) is 0 Å². The standard InChI is InChI=1S/C12H11N3O3S.Na/c16-19(17,18)12-8-6-11(7-9-12)14-15-13-10-4-2-1-3-5-10;/h1-9H,(H,13,14)(H,16,17,18);/q;+1/p-1. The molecule has 2 aromatic rings. The number of para-hydroxylation sites is 1. The van der Waals surface area contributed by atoms with Crippen molar-refractivity contribution in [1.82, 2.24) is 0 Å². The summed E-state index contributed by atoms with van der Waals surface area (Å²) in [6.07, 6.45) is 0. The second-order valence-electron chi connectivity index (χ2n) is 3.63. The van der Waals surface area contributed by atoms with Crippen LogP contribution in [0.25, 0.3) is 0 Å². The summed E-state index contributed by atoms with van der Waals surface area (Å²) in [4.78, 5) is -0.289. The van der Waals surface area contributed by atoms with Crippen LogP contribution in [-0.4, -0.2) is 13.0 Å². The average Bonchev–Trinajstić information content (AvgIpc) is 2.39. The van der Waals surface area contributed by atoms with Gasteiger partial charge in [-0.05, 0) is 36.4 Å². The Morgan fingerprint density at radius 2 is 1.55 bits per heavy atom. The third kappa shape index (κ3) is 5.03. The van der Waals surface area contributed by atoms with Crippen LogP contribution in [0.2, 0.25) is 0 Å². The van der Waals surface area contributed by atoms with Gasteiger partial charge in [0.2, 0.25) is 0 Å². The molecule has 1 N–H and O–H groups in total. The fraction of sp³-hybridized carbons (Fsp3) is 0. The Kier molecular flexibility index (Phi) is 6.31. The summed E-state index contributed by atoms with van der Waals surface area (Å²) in [6.45, 7) is 0. The molecule has 8 heteroatoms. The fourth-order valence-electron chi connectivity index (χ4n) is 1.33. The second-order valence-corrected chi connectivity index (χ2v) is 5.01. The number of hydrogen-bond acceptors (Lipinski definition) is 5. The van der Waals surface area contributed by atoms with E-state index in [1.165, 1.54) is 24.3 Å². The van der Waals surface area contributed by atoms with Gasteiger partial charge in [0.05, 0.1) is 16.3 Å². The number of nitrogens with one attached hydrogen (secondary N) is 1. The van der Waals surface area contributed by atoms with Gasteiger partial charge in [-0.15, -0.1) is 5.11 Å². The van der Waals surface area contributed by atoms with Crippen molar-refractivity contribution in [3.05, 3.63) is 54.6 Å². The molecule has 0 atom stereocenters. The average molecular weight is 299 g/mol. The third-order valence-corrected chi connectivity index (χ3v) is 3.09. The van der Waals surface area contributed by atoms with E-state index in [1.807, 2.05) is 30.3 Å². The Hall–Kier alpha value is -1.25. The maximum absolute atomic E-state index is 10.7. The van der Waals surface area contributed by atoms with Crippen molar-refractivity contribution in [2.75, 3.05) is 5.43 Å². The van der Waals surface area contributed by atoms with E-state index in [4.69, 9.17) is 0 Å². The Balaban J connectivity index is 0.00000200. The monoisotopic (exact) mass is 299 g/mol. The minimum atomic E-state index is -4.42. The maximum atomic E-state index is 10.7. The van der Waals surface area contributed by atoms with E-state index in [2.05, 4.69) is 15.8 Å². The van der Waals surface area contributed by atoms with E-state index in [0.29, 0.717) is 5.69 Å². The first-order valence-electron chi connectivity index (χ1n) is 5.33. The molecule has 0 radical (unpaired) electrons. The number of rotatable bonds is 4. The minimum absolute atomic E-state index is 0. The molecule has 0 aliphatic heterocycles. The third-order valence-electron chi connectivity index (χ3n) is 2.24. The number of benzene rings is 2. The summed E-state index contributed by atoms with van der Waals surface area (Å²) in [5, 5.41) is 7.59. The van der Waals surface area contributed by atoms with Gasteiger partial charge in [-0.2, -0.15) is 0 Å². The van der Waals surface area contributed by atoms with Crippen LogP contribution in [0.15, 0.2) is 69.8 Å². The van der Waals surface area contributed by atoms with Gasteiger partial charge < -0.3 is 4.55 Å². The SMILES string of the molecule is O=S(=O)([O-])c1ccc(N=NNc2ccccc2)cc1.[Na+]. The first-order valence-corrected chi connectivity index (χ1v) is 6.74. The normalized spacial score (nSPS) is 11.1. The van der Waals surface area contributed by atoms with E-state index in [1.54, 1.807) is 0 Å². The van der Waals surface area contributed by atoms with Gasteiger partial charge in [0, 0.05) is 0 Å². The molecule has 0 aromatic heterocycles. The molecule has 0 heterocycles. The summed E-state index contributed by atoms with van der Waals surface area (Å²) >= 11 is 0. The van der Waals surface area contributed by atoms with Gasteiger partial charge in [-0.25, -0.2) is 8.42 Å². The van der Waals surface area contributed by atoms with Crippen LogP contribution in [0.5, 0.6) is 0 Å². The molecule has 0 aliphatic carbocycles. The molecule has 2 rings (SSSR count). The molecule has 0 amide bonds. The topological polar surface area (TPSA) is 94.0 Å². The van der Waals surface area contributed by atoms with E-state index >= 15 is 0 Å². The van der Waals surface area contributed by atoms with Crippen molar-refractivity contribution in [1.29, 1.82) is 0 Å². The van der Waals surface area contributed by atoms with Crippen LogP contribution in [0, 0.1) is 0 Å². The van der Waals surface area contributed by atoms with Crippen LogP contribution in [0.1, 0.15) is 0 Å². The minimum Gasteiger partial charge on any atom is -0.744 e. The molecular formula is C12H10N3NaO3S. The van der Waals surface area contributed by atoms with Crippen LogP contribution in [0.3, 0.4) is 0 Å².